The molecule has 4 heteroatoms. The van der Waals surface area contributed by atoms with Crippen molar-refractivity contribution in [2.75, 3.05) is 20.8 Å². The molecule has 4 nitrogen and oxygen atoms in total. The van der Waals surface area contributed by atoms with Crippen molar-refractivity contribution >= 4 is 0 Å². The molecule has 0 fully saturated rings. The van der Waals surface area contributed by atoms with Gasteiger partial charge >= 0.3 is 0 Å². The molecule has 15 heavy (non-hydrogen) atoms. The van der Waals surface area contributed by atoms with Crippen LogP contribution in [0.5, 0.6) is 11.5 Å². The summed E-state index contributed by atoms with van der Waals surface area (Å²) in [5.41, 5.74) is 0.710. The summed E-state index contributed by atoms with van der Waals surface area (Å²) in [5.74, 6) is 0.434. The molecule has 1 rings (SSSR count). The van der Waals surface area contributed by atoms with Gasteiger partial charge in [0.05, 0.1) is 13.2 Å². The van der Waals surface area contributed by atoms with E-state index in [2.05, 4.69) is 0 Å². The summed E-state index contributed by atoms with van der Waals surface area (Å²) in [6.07, 6.45) is -0.0794. The van der Waals surface area contributed by atoms with Crippen molar-refractivity contribution in [1.82, 2.24) is 0 Å². The van der Waals surface area contributed by atoms with Gasteiger partial charge in [-0.1, -0.05) is 6.07 Å². The molecule has 84 valence electrons. The first-order valence-electron chi connectivity index (χ1n) is 4.73. The summed E-state index contributed by atoms with van der Waals surface area (Å²) < 4.78 is 9.82. The maximum atomic E-state index is 9.75. The molecule has 1 atom stereocenters. The van der Waals surface area contributed by atoms with Gasteiger partial charge in [0, 0.05) is 20.1 Å². The third-order valence-corrected chi connectivity index (χ3v) is 2.18. The lowest BCUT2D eigenvalue weighted by Crippen LogP contribution is -2.02. The zero-order valence-electron chi connectivity index (χ0n) is 8.93. The molecule has 0 aromatic heterocycles. The largest absolute Gasteiger partial charge is 0.504 e. The summed E-state index contributed by atoms with van der Waals surface area (Å²) in [6, 6.07) is 4.79. The normalized spacial score (nSPS) is 12.5. The molecule has 0 spiro atoms. The Morgan fingerprint density at radius 2 is 2.07 bits per heavy atom. The topological polar surface area (TPSA) is 58.9 Å². The van der Waals surface area contributed by atoms with Crippen LogP contribution in [-0.2, 0) is 4.74 Å². The van der Waals surface area contributed by atoms with Gasteiger partial charge < -0.3 is 19.7 Å². The van der Waals surface area contributed by atoms with Crippen LogP contribution in [0.1, 0.15) is 18.1 Å². The first kappa shape index (κ1) is 11.8. The van der Waals surface area contributed by atoms with Crippen LogP contribution < -0.4 is 4.74 Å². The van der Waals surface area contributed by atoms with Gasteiger partial charge in [0.2, 0.25) is 0 Å². The third kappa shape index (κ3) is 3.11. The van der Waals surface area contributed by atoms with Crippen LogP contribution in [0.15, 0.2) is 18.2 Å². The lowest BCUT2D eigenvalue weighted by molar-refractivity contribution is 0.110. The quantitative estimate of drug-likeness (QED) is 0.776. The second kappa shape index (κ2) is 5.58. The van der Waals surface area contributed by atoms with Crippen molar-refractivity contribution in [3.8, 4) is 11.5 Å². The molecule has 0 saturated heterocycles. The second-order valence-electron chi connectivity index (χ2n) is 3.23. The Morgan fingerprint density at radius 1 is 1.33 bits per heavy atom. The van der Waals surface area contributed by atoms with Crippen molar-refractivity contribution in [2.45, 2.75) is 12.5 Å². The highest BCUT2D eigenvalue weighted by molar-refractivity contribution is 5.42. The lowest BCUT2D eigenvalue weighted by atomic mass is 10.1. The van der Waals surface area contributed by atoms with Gasteiger partial charge in [0.1, 0.15) is 0 Å². The molecular weight excluding hydrogens is 196 g/mol. The van der Waals surface area contributed by atoms with E-state index < -0.39 is 6.10 Å². The minimum absolute atomic E-state index is 0.0696. The molecule has 0 saturated carbocycles. The number of aliphatic hydroxyl groups excluding tert-OH is 1. The number of aliphatic hydroxyl groups is 1. The molecule has 0 radical (unpaired) electrons. The summed E-state index contributed by atoms with van der Waals surface area (Å²) in [4.78, 5) is 0. The Hall–Kier alpha value is -1.26. The number of hydrogen-bond acceptors (Lipinski definition) is 4. The van der Waals surface area contributed by atoms with Crippen molar-refractivity contribution in [3.63, 3.8) is 0 Å². The van der Waals surface area contributed by atoms with Crippen LogP contribution in [0, 0.1) is 0 Å². The number of methoxy groups -OCH3 is 2. The molecule has 0 heterocycles. The van der Waals surface area contributed by atoms with Crippen molar-refractivity contribution in [1.29, 1.82) is 0 Å². The van der Waals surface area contributed by atoms with Crippen LogP contribution in [-0.4, -0.2) is 31.0 Å². The summed E-state index contributed by atoms with van der Waals surface area (Å²) >= 11 is 0. The predicted octanol–water partition coefficient (Wildman–Crippen LogP) is 1.47. The highest BCUT2D eigenvalue weighted by atomic mass is 16.5. The molecule has 0 aliphatic heterocycles. The number of hydrogen-bond donors (Lipinski definition) is 2. The molecule has 0 aliphatic rings. The van der Waals surface area contributed by atoms with E-state index in [1.807, 2.05) is 0 Å². The monoisotopic (exact) mass is 212 g/mol. The molecule has 0 amide bonds. The minimum atomic E-state index is -0.598. The van der Waals surface area contributed by atoms with Crippen molar-refractivity contribution < 1.29 is 19.7 Å². The summed E-state index contributed by atoms with van der Waals surface area (Å²) in [6.45, 7) is 0.490. The van der Waals surface area contributed by atoms with E-state index in [4.69, 9.17) is 9.47 Å². The van der Waals surface area contributed by atoms with Gasteiger partial charge in [0.15, 0.2) is 11.5 Å². The summed E-state index contributed by atoms with van der Waals surface area (Å²) in [7, 11) is 3.06. The fraction of sp³-hybridized carbons (Fsp3) is 0.455. The van der Waals surface area contributed by atoms with E-state index in [0.29, 0.717) is 24.3 Å². The highest BCUT2D eigenvalue weighted by Crippen LogP contribution is 2.29. The van der Waals surface area contributed by atoms with Crippen molar-refractivity contribution in [3.05, 3.63) is 23.8 Å². The Kier molecular flexibility index (Phi) is 4.39. The Morgan fingerprint density at radius 3 is 2.67 bits per heavy atom. The van der Waals surface area contributed by atoms with Crippen LogP contribution in [0.2, 0.25) is 0 Å². The predicted molar refractivity (Wildman–Crippen MR) is 56.1 cm³/mol. The average molecular weight is 212 g/mol. The summed E-state index contributed by atoms with van der Waals surface area (Å²) in [5, 5.41) is 19.1. The highest BCUT2D eigenvalue weighted by Gasteiger charge is 2.10. The molecule has 2 N–H and O–H groups in total. The van der Waals surface area contributed by atoms with Crippen LogP contribution in [0.4, 0.5) is 0 Å². The van der Waals surface area contributed by atoms with E-state index in [1.165, 1.54) is 13.2 Å². The fourth-order valence-electron chi connectivity index (χ4n) is 1.30. The molecule has 0 bridgehead atoms. The maximum absolute atomic E-state index is 9.75. The maximum Gasteiger partial charge on any atom is 0.160 e. The van der Waals surface area contributed by atoms with Crippen LogP contribution in [0.3, 0.4) is 0 Å². The molecule has 1 unspecified atom stereocenters. The van der Waals surface area contributed by atoms with E-state index in [1.54, 1.807) is 19.2 Å². The Balaban J connectivity index is 2.76. The minimum Gasteiger partial charge on any atom is -0.504 e. The first-order valence-corrected chi connectivity index (χ1v) is 4.73. The lowest BCUT2D eigenvalue weighted by Gasteiger charge is -2.12. The van der Waals surface area contributed by atoms with Crippen LogP contribution >= 0.6 is 0 Å². The van der Waals surface area contributed by atoms with Crippen LogP contribution in [0.25, 0.3) is 0 Å². The van der Waals surface area contributed by atoms with Crippen molar-refractivity contribution in [2.24, 2.45) is 0 Å². The van der Waals surface area contributed by atoms with E-state index in [-0.39, 0.29) is 5.75 Å². The van der Waals surface area contributed by atoms with E-state index in [9.17, 15) is 10.2 Å². The average Bonchev–Trinajstić information content (AvgIpc) is 2.26. The number of aromatic hydroxyl groups is 1. The zero-order valence-corrected chi connectivity index (χ0v) is 8.93. The van der Waals surface area contributed by atoms with Gasteiger partial charge in [0.25, 0.3) is 0 Å². The zero-order chi connectivity index (χ0) is 11.3. The van der Waals surface area contributed by atoms with Gasteiger partial charge in [-0.2, -0.15) is 0 Å². The number of phenols is 1. The fourth-order valence-corrected chi connectivity index (χ4v) is 1.30. The molecule has 1 aromatic rings. The number of rotatable bonds is 5. The van der Waals surface area contributed by atoms with Gasteiger partial charge in [-0.3, -0.25) is 0 Å². The Bertz CT molecular complexity index is 311. The first-order chi connectivity index (χ1) is 7.19. The number of phenolic OH excluding ortho intramolecular Hbond substituents is 1. The number of benzene rings is 1. The standard InChI is InChI=1S/C11H16O4/c1-14-6-5-9(12)8-3-4-10(13)11(7-8)15-2/h3-4,7,9,12-13H,5-6H2,1-2H3. The van der Waals surface area contributed by atoms with E-state index >= 15 is 0 Å². The smallest absolute Gasteiger partial charge is 0.160 e. The Labute approximate surface area is 89.1 Å². The van der Waals surface area contributed by atoms with Gasteiger partial charge in [-0.25, -0.2) is 0 Å². The molecular formula is C11H16O4. The van der Waals surface area contributed by atoms with Gasteiger partial charge in [-0.05, 0) is 17.7 Å². The number of ether oxygens (including phenoxy) is 2. The second-order valence-corrected chi connectivity index (χ2v) is 3.23. The molecule has 0 aliphatic carbocycles. The van der Waals surface area contributed by atoms with Gasteiger partial charge in [-0.15, -0.1) is 0 Å². The van der Waals surface area contributed by atoms with E-state index in [0.717, 1.165) is 0 Å². The third-order valence-electron chi connectivity index (χ3n) is 2.18. The SMILES string of the molecule is COCCC(O)c1ccc(O)c(OC)c1. The molecule has 1 aromatic carbocycles.